The van der Waals surface area contributed by atoms with E-state index in [-0.39, 0.29) is 4.88 Å². The molecule has 0 saturated heterocycles. The zero-order valence-corrected chi connectivity index (χ0v) is 12.7. The molecule has 1 N–H and O–H groups in total. The van der Waals surface area contributed by atoms with Crippen molar-refractivity contribution in [3.05, 3.63) is 40.8 Å². The molecule has 0 radical (unpaired) electrons. The van der Waals surface area contributed by atoms with E-state index in [9.17, 15) is 15.2 Å². The monoisotopic (exact) mass is 303 g/mol. The van der Waals surface area contributed by atoms with E-state index in [1.54, 1.807) is 0 Å². The molecule has 0 aliphatic rings. The van der Waals surface area contributed by atoms with Crippen LogP contribution in [-0.4, -0.2) is 16.3 Å². The summed E-state index contributed by atoms with van der Waals surface area (Å²) in [5.41, 5.74) is 1.78. The number of nitrogens with zero attached hydrogens (tertiary/aromatic N) is 1. The third-order valence-electron chi connectivity index (χ3n) is 2.59. The van der Waals surface area contributed by atoms with Crippen molar-refractivity contribution in [3.8, 4) is 17.2 Å². The summed E-state index contributed by atoms with van der Waals surface area (Å²) in [4.78, 5) is 11.7. The summed E-state index contributed by atoms with van der Waals surface area (Å²) in [6, 6.07) is 11.4. The predicted octanol–water partition coefficient (Wildman–Crippen LogP) is 4.49. The second kappa shape index (κ2) is 6.12. The number of aromatic carboxylic acids is 1. The minimum absolute atomic E-state index is 0.232. The zero-order valence-electron chi connectivity index (χ0n) is 11.1. The number of hydrogen-bond donors (Lipinski definition) is 1. The molecule has 1 aromatic carbocycles. The first-order valence-corrected chi connectivity index (χ1v) is 7.76. The van der Waals surface area contributed by atoms with E-state index in [4.69, 9.17) is 0 Å². The number of benzene rings is 1. The normalized spacial score (nSPS) is 10.5. The van der Waals surface area contributed by atoms with Crippen molar-refractivity contribution >= 4 is 29.1 Å². The first-order valence-electron chi connectivity index (χ1n) is 6.06. The van der Waals surface area contributed by atoms with E-state index in [1.807, 2.05) is 44.2 Å². The number of carbonyl (C=O) groups is 1. The summed E-state index contributed by atoms with van der Waals surface area (Å²) in [5.74, 6) is -0.985. The number of thiophene rings is 1. The molecule has 102 valence electrons. The summed E-state index contributed by atoms with van der Waals surface area (Å²) in [6.07, 6.45) is 0. The number of thioether (sulfide) groups is 1. The maximum Gasteiger partial charge on any atom is 0.346 e. The molecule has 0 aliphatic heterocycles. The molecule has 0 atom stereocenters. The lowest BCUT2D eigenvalue weighted by atomic mass is 10.0. The van der Waals surface area contributed by atoms with Gasteiger partial charge in [0.05, 0.1) is 9.77 Å². The van der Waals surface area contributed by atoms with Crippen molar-refractivity contribution in [3.63, 3.8) is 0 Å². The molecule has 2 rings (SSSR count). The third-order valence-corrected chi connectivity index (χ3v) is 4.99. The summed E-state index contributed by atoms with van der Waals surface area (Å²) >= 11 is 2.71. The predicted molar refractivity (Wildman–Crippen MR) is 82.4 cm³/mol. The van der Waals surface area contributed by atoms with Crippen LogP contribution in [0.25, 0.3) is 11.1 Å². The van der Waals surface area contributed by atoms with Gasteiger partial charge in [-0.3, -0.25) is 0 Å². The van der Waals surface area contributed by atoms with Gasteiger partial charge in [-0.1, -0.05) is 44.2 Å². The van der Waals surface area contributed by atoms with Crippen LogP contribution >= 0.6 is 23.1 Å². The standard InChI is InChI=1S/C15H13NO2S2/c1-9(2)19-15-11(8-16)12(13(20-15)14(17)18)10-6-4-3-5-7-10/h3-7,9H,1-2H3,(H,17,18). The van der Waals surface area contributed by atoms with Crippen LogP contribution < -0.4 is 0 Å². The summed E-state index contributed by atoms with van der Waals surface area (Å²) in [7, 11) is 0. The highest BCUT2D eigenvalue weighted by Crippen LogP contribution is 2.42. The molecule has 0 spiro atoms. The molecule has 0 fully saturated rings. The van der Waals surface area contributed by atoms with Crippen LogP contribution in [0, 0.1) is 11.3 Å². The van der Waals surface area contributed by atoms with Crippen molar-refractivity contribution in [1.29, 1.82) is 5.26 Å². The minimum Gasteiger partial charge on any atom is -0.477 e. The molecule has 0 saturated carbocycles. The van der Waals surface area contributed by atoms with Crippen LogP contribution in [0.2, 0.25) is 0 Å². The molecule has 0 unspecified atom stereocenters. The second-order valence-electron chi connectivity index (χ2n) is 4.42. The Hall–Kier alpha value is -1.77. The van der Waals surface area contributed by atoms with Gasteiger partial charge in [-0.05, 0) is 5.56 Å². The molecule has 1 aromatic heterocycles. The Morgan fingerprint density at radius 3 is 2.50 bits per heavy atom. The highest BCUT2D eigenvalue weighted by molar-refractivity contribution is 8.01. The molecule has 2 aromatic rings. The number of carboxylic acids is 1. The maximum atomic E-state index is 11.5. The highest BCUT2D eigenvalue weighted by atomic mass is 32.2. The van der Waals surface area contributed by atoms with Gasteiger partial charge < -0.3 is 5.11 Å². The largest absolute Gasteiger partial charge is 0.477 e. The van der Waals surface area contributed by atoms with Crippen LogP contribution in [0.15, 0.2) is 34.5 Å². The zero-order chi connectivity index (χ0) is 14.7. The fourth-order valence-electron chi connectivity index (χ4n) is 1.84. The smallest absolute Gasteiger partial charge is 0.346 e. The van der Waals surface area contributed by atoms with Gasteiger partial charge in [0.1, 0.15) is 10.9 Å². The average molecular weight is 303 g/mol. The second-order valence-corrected chi connectivity index (χ2v) is 7.28. The van der Waals surface area contributed by atoms with Gasteiger partial charge in [0.15, 0.2) is 0 Å². The van der Waals surface area contributed by atoms with Gasteiger partial charge >= 0.3 is 5.97 Å². The molecule has 0 aliphatic carbocycles. The van der Waals surface area contributed by atoms with Crippen LogP contribution in [0.5, 0.6) is 0 Å². The quantitative estimate of drug-likeness (QED) is 0.846. The van der Waals surface area contributed by atoms with Gasteiger partial charge in [-0.25, -0.2) is 4.79 Å². The van der Waals surface area contributed by atoms with E-state index in [0.29, 0.717) is 16.4 Å². The Morgan fingerprint density at radius 1 is 1.35 bits per heavy atom. The molecular weight excluding hydrogens is 290 g/mol. The number of rotatable bonds is 4. The fourth-order valence-corrected chi connectivity index (χ4v) is 4.40. The first-order chi connectivity index (χ1) is 9.54. The summed E-state index contributed by atoms with van der Waals surface area (Å²) in [5, 5.41) is 19.1. The van der Waals surface area contributed by atoms with Crippen molar-refractivity contribution < 1.29 is 9.90 Å². The fraction of sp³-hybridized carbons (Fsp3) is 0.200. The Morgan fingerprint density at radius 2 is 2.00 bits per heavy atom. The topological polar surface area (TPSA) is 61.1 Å². The molecular formula is C15H13NO2S2. The van der Waals surface area contributed by atoms with E-state index < -0.39 is 5.97 Å². The Labute approximate surface area is 125 Å². The van der Waals surface area contributed by atoms with E-state index in [0.717, 1.165) is 9.77 Å². The van der Waals surface area contributed by atoms with Crippen LogP contribution in [0.1, 0.15) is 29.1 Å². The van der Waals surface area contributed by atoms with Gasteiger partial charge in [0, 0.05) is 10.8 Å². The molecule has 3 nitrogen and oxygen atoms in total. The maximum absolute atomic E-state index is 11.5. The van der Waals surface area contributed by atoms with Crippen LogP contribution in [0.3, 0.4) is 0 Å². The molecule has 20 heavy (non-hydrogen) atoms. The van der Waals surface area contributed by atoms with Gasteiger partial charge in [0.25, 0.3) is 0 Å². The summed E-state index contributed by atoms with van der Waals surface area (Å²) in [6.45, 7) is 4.04. The first kappa shape index (κ1) is 14.6. The van der Waals surface area contributed by atoms with Crippen molar-refractivity contribution in [2.45, 2.75) is 23.3 Å². The van der Waals surface area contributed by atoms with Crippen LogP contribution in [-0.2, 0) is 0 Å². The lowest BCUT2D eigenvalue weighted by Crippen LogP contribution is -1.95. The van der Waals surface area contributed by atoms with Crippen molar-refractivity contribution in [2.24, 2.45) is 0 Å². The Balaban J connectivity index is 2.68. The minimum atomic E-state index is -0.985. The number of hydrogen-bond acceptors (Lipinski definition) is 4. The SMILES string of the molecule is CC(C)Sc1sc(C(=O)O)c(-c2ccccc2)c1C#N. The van der Waals surface area contributed by atoms with E-state index in [2.05, 4.69) is 6.07 Å². The lowest BCUT2D eigenvalue weighted by Gasteiger charge is -2.03. The summed E-state index contributed by atoms with van der Waals surface area (Å²) < 4.78 is 0.777. The molecule has 0 amide bonds. The third kappa shape index (κ3) is 2.87. The molecule has 1 heterocycles. The molecule has 0 bridgehead atoms. The number of nitriles is 1. The highest BCUT2D eigenvalue weighted by Gasteiger charge is 2.24. The van der Waals surface area contributed by atoms with Gasteiger partial charge in [0.2, 0.25) is 0 Å². The average Bonchev–Trinajstić information content (AvgIpc) is 2.77. The van der Waals surface area contributed by atoms with E-state index in [1.165, 1.54) is 23.1 Å². The van der Waals surface area contributed by atoms with Gasteiger partial charge in [-0.15, -0.1) is 23.1 Å². The Bertz CT molecular complexity index is 669. The molecule has 5 heteroatoms. The van der Waals surface area contributed by atoms with Crippen molar-refractivity contribution in [1.82, 2.24) is 0 Å². The van der Waals surface area contributed by atoms with Gasteiger partial charge in [-0.2, -0.15) is 5.26 Å². The number of carboxylic acid groups (broad SMARTS) is 1. The van der Waals surface area contributed by atoms with Crippen molar-refractivity contribution in [2.75, 3.05) is 0 Å². The Kier molecular flexibility index (Phi) is 4.48. The van der Waals surface area contributed by atoms with Crippen LogP contribution in [0.4, 0.5) is 0 Å². The lowest BCUT2D eigenvalue weighted by molar-refractivity contribution is 0.0703. The van der Waals surface area contributed by atoms with E-state index >= 15 is 0 Å².